The standard InChI is InChI=1S/C17H20BrN5/c1-11-15(12(2)23(3)22-11)8-19-10-17-20-9-16(21-17)13-5-4-6-14(18)7-13/h4-7,9,19H,8,10H2,1-3H3,(H,20,21). The van der Waals surface area contributed by atoms with Crippen molar-refractivity contribution in [3.63, 3.8) is 0 Å². The van der Waals surface area contributed by atoms with E-state index in [0.29, 0.717) is 6.54 Å². The number of halogens is 1. The number of hydrogen-bond donors (Lipinski definition) is 2. The molecule has 0 saturated heterocycles. The Morgan fingerprint density at radius 1 is 1.26 bits per heavy atom. The summed E-state index contributed by atoms with van der Waals surface area (Å²) in [6.07, 6.45) is 1.87. The average molecular weight is 374 g/mol. The van der Waals surface area contributed by atoms with Crippen LogP contribution < -0.4 is 5.32 Å². The van der Waals surface area contributed by atoms with Gasteiger partial charge in [0.15, 0.2) is 0 Å². The highest BCUT2D eigenvalue weighted by atomic mass is 79.9. The Bertz CT molecular complexity index is 818. The van der Waals surface area contributed by atoms with Crippen molar-refractivity contribution >= 4 is 15.9 Å². The zero-order chi connectivity index (χ0) is 16.4. The Morgan fingerprint density at radius 3 is 2.78 bits per heavy atom. The highest BCUT2D eigenvalue weighted by molar-refractivity contribution is 9.10. The first-order valence-electron chi connectivity index (χ1n) is 7.54. The van der Waals surface area contributed by atoms with Crippen molar-refractivity contribution < 1.29 is 0 Å². The van der Waals surface area contributed by atoms with Gasteiger partial charge in [-0.25, -0.2) is 4.98 Å². The van der Waals surface area contributed by atoms with Crippen LogP contribution >= 0.6 is 15.9 Å². The van der Waals surface area contributed by atoms with Gasteiger partial charge in [0.2, 0.25) is 0 Å². The van der Waals surface area contributed by atoms with Crippen LogP contribution in [0.15, 0.2) is 34.9 Å². The fourth-order valence-corrected chi connectivity index (χ4v) is 3.03. The van der Waals surface area contributed by atoms with Crippen molar-refractivity contribution in [3.8, 4) is 11.3 Å². The number of nitrogens with one attached hydrogen (secondary N) is 2. The smallest absolute Gasteiger partial charge is 0.120 e. The third-order valence-corrected chi connectivity index (χ3v) is 4.51. The van der Waals surface area contributed by atoms with Crippen molar-refractivity contribution in [2.45, 2.75) is 26.9 Å². The van der Waals surface area contributed by atoms with Crippen molar-refractivity contribution in [2.24, 2.45) is 7.05 Å². The molecule has 3 aromatic rings. The summed E-state index contributed by atoms with van der Waals surface area (Å²) < 4.78 is 2.98. The average Bonchev–Trinajstić information content (AvgIpc) is 3.08. The first kappa shape index (κ1) is 16.0. The van der Waals surface area contributed by atoms with E-state index < -0.39 is 0 Å². The normalized spacial score (nSPS) is 11.1. The monoisotopic (exact) mass is 373 g/mol. The van der Waals surface area contributed by atoms with Gasteiger partial charge in [-0.1, -0.05) is 28.1 Å². The molecule has 0 aliphatic heterocycles. The van der Waals surface area contributed by atoms with Gasteiger partial charge in [0.25, 0.3) is 0 Å². The number of benzene rings is 1. The molecule has 0 fully saturated rings. The maximum atomic E-state index is 4.45. The molecule has 120 valence electrons. The SMILES string of the molecule is Cc1nn(C)c(C)c1CNCc1ncc(-c2cccc(Br)c2)[nH]1. The zero-order valence-corrected chi connectivity index (χ0v) is 15.1. The van der Waals surface area contributed by atoms with Gasteiger partial charge in [0, 0.05) is 34.9 Å². The lowest BCUT2D eigenvalue weighted by Gasteiger charge is -2.04. The molecule has 3 rings (SSSR count). The van der Waals surface area contributed by atoms with Crippen molar-refractivity contribution in [2.75, 3.05) is 0 Å². The third kappa shape index (κ3) is 3.54. The lowest BCUT2D eigenvalue weighted by atomic mass is 10.2. The van der Waals surface area contributed by atoms with E-state index in [-0.39, 0.29) is 0 Å². The summed E-state index contributed by atoms with van der Waals surface area (Å²) in [4.78, 5) is 7.81. The number of imidazole rings is 1. The minimum absolute atomic E-state index is 0.696. The maximum absolute atomic E-state index is 4.45. The molecule has 0 radical (unpaired) electrons. The van der Waals surface area contributed by atoms with Crippen LogP contribution in [0.1, 0.15) is 22.8 Å². The maximum Gasteiger partial charge on any atom is 0.120 e. The molecule has 2 aromatic heterocycles. The molecule has 23 heavy (non-hydrogen) atoms. The van der Waals surface area contributed by atoms with Crippen LogP contribution in [0.25, 0.3) is 11.3 Å². The Kier molecular flexibility index (Phi) is 4.63. The van der Waals surface area contributed by atoms with Gasteiger partial charge < -0.3 is 10.3 Å². The van der Waals surface area contributed by atoms with Crippen molar-refractivity contribution in [3.05, 3.63) is 57.7 Å². The fourth-order valence-electron chi connectivity index (χ4n) is 2.63. The van der Waals surface area contributed by atoms with Crippen LogP contribution in [-0.2, 0) is 20.1 Å². The Labute approximate surface area is 144 Å². The van der Waals surface area contributed by atoms with Crippen molar-refractivity contribution in [1.82, 2.24) is 25.1 Å². The van der Waals surface area contributed by atoms with Crippen LogP contribution in [0.3, 0.4) is 0 Å². The molecule has 0 bridgehead atoms. The largest absolute Gasteiger partial charge is 0.341 e. The van der Waals surface area contributed by atoms with E-state index >= 15 is 0 Å². The number of rotatable bonds is 5. The molecule has 2 heterocycles. The number of H-pyrrole nitrogens is 1. The van der Waals surface area contributed by atoms with E-state index in [9.17, 15) is 0 Å². The highest BCUT2D eigenvalue weighted by Gasteiger charge is 2.09. The van der Waals surface area contributed by atoms with E-state index in [2.05, 4.69) is 55.4 Å². The molecule has 0 spiro atoms. The second-order valence-corrected chi connectivity index (χ2v) is 6.55. The summed E-state index contributed by atoms with van der Waals surface area (Å²) in [5, 5.41) is 7.87. The molecule has 0 aliphatic rings. The zero-order valence-electron chi connectivity index (χ0n) is 13.5. The van der Waals surface area contributed by atoms with Gasteiger partial charge in [0.1, 0.15) is 5.82 Å². The van der Waals surface area contributed by atoms with Gasteiger partial charge in [0.05, 0.1) is 24.1 Å². The molecule has 6 heteroatoms. The highest BCUT2D eigenvalue weighted by Crippen LogP contribution is 2.21. The molecular weight excluding hydrogens is 354 g/mol. The second kappa shape index (κ2) is 6.68. The number of aryl methyl sites for hydroxylation is 2. The number of aromatic amines is 1. The van der Waals surface area contributed by atoms with E-state index in [0.717, 1.165) is 33.8 Å². The summed E-state index contributed by atoms with van der Waals surface area (Å²) >= 11 is 3.49. The van der Waals surface area contributed by atoms with E-state index in [1.807, 2.05) is 37.0 Å². The van der Waals surface area contributed by atoms with Gasteiger partial charge in [-0.3, -0.25) is 4.68 Å². The molecule has 0 atom stereocenters. The van der Waals surface area contributed by atoms with Gasteiger partial charge in [-0.15, -0.1) is 0 Å². The Hall–Kier alpha value is -1.92. The molecule has 0 unspecified atom stereocenters. The van der Waals surface area contributed by atoms with Crippen LogP contribution in [-0.4, -0.2) is 19.7 Å². The van der Waals surface area contributed by atoms with E-state index in [1.165, 1.54) is 11.3 Å². The Morgan fingerprint density at radius 2 is 2.09 bits per heavy atom. The predicted octanol–water partition coefficient (Wildman–Crippen LogP) is 3.48. The second-order valence-electron chi connectivity index (χ2n) is 5.63. The molecule has 0 amide bonds. The predicted molar refractivity (Wildman–Crippen MR) is 94.9 cm³/mol. The van der Waals surface area contributed by atoms with Crippen molar-refractivity contribution in [1.29, 1.82) is 0 Å². The molecule has 1 aromatic carbocycles. The molecule has 5 nitrogen and oxygen atoms in total. The van der Waals surface area contributed by atoms with E-state index in [1.54, 1.807) is 0 Å². The summed E-state index contributed by atoms with van der Waals surface area (Å²) in [5.41, 5.74) is 5.68. The van der Waals surface area contributed by atoms with E-state index in [4.69, 9.17) is 0 Å². The van der Waals surface area contributed by atoms with Gasteiger partial charge >= 0.3 is 0 Å². The van der Waals surface area contributed by atoms with Gasteiger partial charge in [-0.2, -0.15) is 5.10 Å². The fraction of sp³-hybridized carbons (Fsp3) is 0.294. The first-order chi connectivity index (χ1) is 11.0. The number of aromatic nitrogens is 4. The minimum atomic E-state index is 0.696. The van der Waals surface area contributed by atoms with Crippen LogP contribution in [0.4, 0.5) is 0 Å². The lowest BCUT2D eigenvalue weighted by Crippen LogP contribution is -2.14. The topological polar surface area (TPSA) is 58.5 Å². The number of hydrogen-bond acceptors (Lipinski definition) is 3. The molecule has 0 saturated carbocycles. The number of nitrogens with zero attached hydrogens (tertiary/aromatic N) is 3. The molecule has 0 aliphatic carbocycles. The first-order valence-corrected chi connectivity index (χ1v) is 8.33. The summed E-state index contributed by atoms with van der Waals surface area (Å²) in [6.45, 7) is 5.62. The van der Waals surface area contributed by atoms with Crippen LogP contribution in [0.2, 0.25) is 0 Å². The minimum Gasteiger partial charge on any atom is -0.341 e. The van der Waals surface area contributed by atoms with Crippen LogP contribution in [0.5, 0.6) is 0 Å². The summed E-state index contributed by atoms with van der Waals surface area (Å²) in [6, 6.07) is 8.18. The summed E-state index contributed by atoms with van der Waals surface area (Å²) in [7, 11) is 1.97. The summed E-state index contributed by atoms with van der Waals surface area (Å²) in [5.74, 6) is 0.930. The van der Waals surface area contributed by atoms with Crippen LogP contribution in [0, 0.1) is 13.8 Å². The molecule has 2 N–H and O–H groups in total. The molecular formula is C17H20BrN5. The quantitative estimate of drug-likeness (QED) is 0.719. The Balaban J connectivity index is 1.64. The third-order valence-electron chi connectivity index (χ3n) is 4.02. The van der Waals surface area contributed by atoms with Gasteiger partial charge in [-0.05, 0) is 26.0 Å². The lowest BCUT2D eigenvalue weighted by molar-refractivity contribution is 0.662.